The number of aryl methyl sites for hydroxylation is 1. The third-order valence-electron chi connectivity index (χ3n) is 2.58. The van der Waals surface area contributed by atoms with E-state index in [0.717, 1.165) is 16.8 Å². The van der Waals surface area contributed by atoms with E-state index in [-0.39, 0.29) is 5.75 Å². The maximum atomic E-state index is 11.6. The van der Waals surface area contributed by atoms with Gasteiger partial charge in [0.2, 0.25) is 10.0 Å². The second-order valence-corrected chi connectivity index (χ2v) is 5.52. The number of hydrogen-bond donors (Lipinski definition) is 1. The molecule has 5 heteroatoms. The Bertz CT molecular complexity index is 494. The van der Waals surface area contributed by atoms with Gasteiger partial charge in [-0.25, -0.2) is 8.42 Å². The van der Waals surface area contributed by atoms with Crippen LogP contribution in [0.15, 0.2) is 12.1 Å². The van der Waals surface area contributed by atoms with Crippen molar-refractivity contribution in [1.82, 2.24) is 0 Å². The summed E-state index contributed by atoms with van der Waals surface area (Å²) in [6, 6.07) is 3.59. The highest BCUT2D eigenvalue weighted by Gasteiger charge is 2.32. The van der Waals surface area contributed by atoms with Crippen molar-refractivity contribution in [2.75, 3.05) is 17.1 Å². The van der Waals surface area contributed by atoms with Gasteiger partial charge in [-0.05, 0) is 18.6 Å². The summed E-state index contributed by atoms with van der Waals surface area (Å²) in [6.07, 6.45) is 0. The molecule has 2 rings (SSSR count). The minimum Gasteiger partial charge on any atom is -0.398 e. The number of nitrogen functional groups attached to an aromatic ring is 1. The van der Waals surface area contributed by atoms with Crippen LogP contribution in [0.5, 0.6) is 0 Å². The summed E-state index contributed by atoms with van der Waals surface area (Å²) < 4.78 is 24.5. The first-order valence-corrected chi connectivity index (χ1v) is 5.89. The molecule has 0 atom stereocenters. The fourth-order valence-electron chi connectivity index (χ4n) is 1.78. The molecule has 1 heterocycles. The summed E-state index contributed by atoms with van der Waals surface area (Å²) >= 11 is 0. The van der Waals surface area contributed by atoms with E-state index in [1.807, 2.05) is 13.0 Å². The van der Waals surface area contributed by atoms with Gasteiger partial charge in [-0.1, -0.05) is 6.07 Å². The third-order valence-corrected chi connectivity index (χ3v) is 4.25. The summed E-state index contributed by atoms with van der Waals surface area (Å²) in [4.78, 5) is 0. The van der Waals surface area contributed by atoms with Crippen LogP contribution in [-0.2, 0) is 15.8 Å². The van der Waals surface area contributed by atoms with Crippen LogP contribution in [0.3, 0.4) is 0 Å². The Kier molecular flexibility index (Phi) is 1.75. The van der Waals surface area contributed by atoms with Crippen LogP contribution >= 0.6 is 0 Å². The highest BCUT2D eigenvalue weighted by molar-refractivity contribution is 7.92. The third kappa shape index (κ3) is 1.09. The Morgan fingerprint density at radius 2 is 2.07 bits per heavy atom. The maximum Gasteiger partial charge on any atom is 0.239 e. The molecule has 0 radical (unpaired) electrons. The topological polar surface area (TPSA) is 63.4 Å². The Balaban J connectivity index is 2.76. The molecule has 0 aromatic heterocycles. The zero-order valence-electron chi connectivity index (χ0n) is 8.11. The van der Waals surface area contributed by atoms with Crippen LogP contribution in [-0.4, -0.2) is 15.5 Å². The van der Waals surface area contributed by atoms with Crippen LogP contribution in [0.25, 0.3) is 0 Å². The molecule has 76 valence electrons. The minimum absolute atomic E-state index is 0.0202. The van der Waals surface area contributed by atoms with E-state index in [1.165, 1.54) is 4.31 Å². The molecule has 0 saturated heterocycles. The second-order valence-electron chi connectivity index (χ2n) is 3.52. The normalized spacial score (nSPS) is 18.3. The van der Waals surface area contributed by atoms with Crippen molar-refractivity contribution >= 4 is 21.4 Å². The van der Waals surface area contributed by atoms with Crippen LogP contribution in [0.2, 0.25) is 0 Å². The summed E-state index contributed by atoms with van der Waals surface area (Å²) in [5.74, 6) is 0.0202. The monoisotopic (exact) mass is 212 g/mol. The molecule has 1 aromatic carbocycles. The van der Waals surface area contributed by atoms with Crippen molar-refractivity contribution in [2.45, 2.75) is 12.7 Å². The van der Waals surface area contributed by atoms with Gasteiger partial charge in [-0.3, -0.25) is 4.31 Å². The molecule has 1 aliphatic heterocycles. The molecule has 0 aliphatic carbocycles. The lowest BCUT2D eigenvalue weighted by Crippen LogP contribution is -2.21. The zero-order chi connectivity index (χ0) is 10.5. The highest BCUT2D eigenvalue weighted by atomic mass is 32.2. The number of fused-ring (bicyclic) bond motifs is 1. The fraction of sp³-hybridized carbons (Fsp3) is 0.333. The molecular formula is C9H12N2O2S. The predicted molar refractivity (Wildman–Crippen MR) is 56.6 cm³/mol. The molecular weight excluding hydrogens is 200 g/mol. The smallest absolute Gasteiger partial charge is 0.239 e. The van der Waals surface area contributed by atoms with Gasteiger partial charge in [0.15, 0.2) is 0 Å². The molecule has 0 saturated carbocycles. The molecule has 0 amide bonds. The second kappa shape index (κ2) is 2.63. The van der Waals surface area contributed by atoms with Crippen LogP contribution in [0.4, 0.5) is 11.4 Å². The lowest BCUT2D eigenvalue weighted by atomic mass is 10.1. The summed E-state index contributed by atoms with van der Waals surface area (Å²) in [5.41, 5.74) is 8.70. The van der Waals surface area contributed by atoms with Crippen molar-refractivity contribution in [1.29, 1.82) is 0 Å². The van der Waals surface area contributed by atoms with Gasteiger partial charge in [0.1, 0.15) is 0 Å². The van der Waals surface area contributed by atoms with Gasteiger partial charge in [0.25, 0.3) is 0 Å². The van der Waals surface area contributed by atoms with E-state index >= 15 is 0 Å². The van der Waals surface area contributed by atoms with Crippen molar-refractivity contribution in [3.8, 4) is 0 Å². The summed E-state index contributed by atoms with van der Waals surface area (Å²) in [6.45, 7) is 1.88. The highest BCUT2D eigenvalue weighted by Crippen LogP contribution is 2.38. The fourth-order valence-corrected chi connectivity index (χ4v) is 3.17. The molecule has 1 aromatic rings. The average molecular weight is 212 g/mol. The predicted octanol–water partition coefficient (Wildman–Crippen LogP) is 0.857. The van der Waals surface area contributed by atoms with Gasteiger partial charge in [-0.15, -0.1) is 0 Å². The molecule has 0 bridgehead atoms. The van der Waals surface area contributed by atoms with Crippen molar-refractivity contribution in [2.24, 2.45) is 0 Å². The number of nitrogens with two attached hydrogens (primary N) is 1. The number of hydrogen-bond acceptors (Lipinski definition) is 3. The Labute approximate surface area is 83.4 Å². The average Bonchev–Trinajstić information content (AvgIpc) is 2.33. The Hall–Kier alpha value is -1.23. The molecule has 0 fully saturated rings. The van der Waals surface area contributed by atoms with Crippen LogP contribution in [0.1, 0.15) is 11.1 Å². The number of nitrogens with zero attached hydrogens (tertiary/aromatic N) is 1. The van der Waals surface area contributed by atoms with E-state index in [2.05, 4.69) is 0 Å². The minimum atomic E-state index is -3.18. The number of sulfonamides is 1. The van der Waals surface area contributed by atoms with Crippen molar-refractivity contribution in [3.05, 3.63) is 23.3 Å². The first-order valence-electron chi connectivity index (χ1n) is 4.28. The summed E-state index contributed by atoms with van der Waals surface area (Å²) in [7, 11) is -1.61. The maximum absolute atomic E-state index is 11.6. The lowest BCUT2D eigenvalue weighted by molar-refractivity contribution is 0.596. The molecule has 0 unspecified atom stereocenters. The Morgan fingerprint density at radius 1 is 1.43 bits per heavy atom. The zero-order valence-corrected chi connectivity index (χ0v) is 8.93. The lowest BCUT2D eigenvalue weighted by Gasteiger charge is -2.13. The van der Waals surface area contributed by atoms with E-state index < -0.39 is 10.0 Å². The van der Waals surface area contributed by atoms with Gasteiger partial charge >= 0.3 is 0 Å². The molecule has 0 spiro atoms. The quantitative estimate of drug-likeness (QED) is 0.649. The first kappa shape index (κ1) is 9.33. The van der Waals surface area contributed by atoms with Crippen molar-refractivity contribution in [3.63, 3.8) is 0 Å². The van der Waals surface area contributed by atoms with Gasteiger partial charge < -0.3 is 5.73 Å². The SMILES string of the molecule is Cc1ccc(N)c2c1N(C)S(=O)(=O)C2. The number of rotatable bonds is 0. The molecule has 14 heavy (non-hydrogen) atoms. The first-order chi connectivity index (χ1) is 6.43. The summed E-state index contributed by atoms with van der Waals surface area (Å²) in [5, 5.41) is 0. The van der Waals surface area contributed by atoms with Gasteiger partial charge in [0, 0.05) is 18.3 Å². The largest absolute Gasteiger partial charge is 0.398 e. The van der Waals surface area contributed by atoms with E-state index in [9.17, 15) is 8.42 Å². The van der Waals surface area contributed by atoms with Crippen molar-refractivity contribution < 1.29 is 8.42 Å². The number of anilines is 2. The van der Waals surface area contributed by atoms with E-state index in [1.54, 1.807) is 13.1 Å². The molecule has 2 N–H and O–H groups in total. The molecule has 1 aliphatic rings. The van der Waals surface area contributed by atoms with E-state index in [0.29, 0.717) is 5.69 Å². The van der Waals surface area contributed by atoms with E-state index in [4.69, 9.17) is 5.73 Å². The number of benzene rings is 1. The van der Waals surface area contributed by atoms with Crippen LogP contribution in [0, 0.1) is 6.92 Å². The standard InChI is InChI=1S/C9H12N2O2S/c1-6-3-4-8(10)7-5-14(12,13)11(2)9(6)7/h3-4H,5,10H2,1-2H3. The van der Waals surface area contributed by atoms with Crippen LogP contribution < -0.4 is 10.0 Å². The molecule has 4 nitrogen and oxygen atoms in total. The van der Waals surface area contributed by atoms with Gasteiger partial charge in [0.05, 0.1) is 11.4 Å². The Morgan fingerprint density at radius 3 is 2.64 bits per heavy atom. The van der Waals surface area contributed by atoms with Gasteiger partial charge in [-0.2, -0.15) is 0 Å².